The topological polar surface area (TPSA) is 66.1 Å². The van der Waals surface area contributed by atoms with Crippen LogP contribution in [0.25, 0.3) is 0 Å². The van der Waals surface area contributed by atoms with Crippen molar-refractivity contribution in [2.45, 2.75) is 38.4 Å². The number of hydrogen-bond donors (Lipinski definition) is 1. The van der Waals surface area contributed by atoms with Gasteiger partial charge in [0.25, 0.3) is 5.56 Å². The van der Waals surface area contributed by atoms with E-state index < -0.39 is 0 Å². The number of carbonyl (C=O) groups excluding carboxylic acids is 1. The fraction of sp³-hybridized carbons (Fsp3) is 0.389. The van der Waals surface area contributed by atoms with Gasteiger partial charge in [0.05, 0.1) is 0 Å². The summed E-state index contributed by atoms with van der Waals surface area (Å²) in [6.45, 7) is 4.42. The molecule has 2 rings (SSSR count). The van der Waals surface area contributed by atoms with Gasteiger partial charge in [-0.05, 0) is 37.7 Å². The predicted octanol–water partition coefficient (Wildman–Crippen LogP) is 2.70. The second-order valence-corrected chi connectivity index (χ2v) is 6.61. The first-order valence-corrected chi connectivity index (χ1v) is 9.07. The monoisotopic (exact) mass is 345 g/mol. The van der Waals surface area contributed by atoms with E-state index in [1.165, 1.54) is 17.3 Å². The lowest BCUT2D eigenvalue weighted by Crippen LogP contribution is -2.28. The lowest BCUT2D eigenvalue weighted by molar-refractivity contribution is -0.130. The van der Waals surface area contributed by atoms with Crippen LogP contribution in [0.15, 0.2) is 34.2 Å². The molecule has 0 atom stereocenters. The van der Waals surface area contributed by atoms with Crippen molar-refractivity contribution in [2.75, 3.05) is 13.3 Å². The number of H-pyrrole nitrogens is 1. The molecule has 1 aromatic carbocycles. The molecule has 0 aliphatic rings. The Morgan fingerprint density at radius 2 is 2.00 bits per heavy atom. The molecule has 1 aromatic heterocycles. The molecule has 0 aliphatic carbocycles. The van der Waals surface area contributed by atoms with Crippen LogP contribution in [-0.4, -0.2) is 34.1 Å². The lowest BCUT2D eigenvalue weighted by Gasteiger charge is -2.18. The van der Waals surface area contributed by atoms with Gasteiger partial charge in [-0.15, -0.1) is 0 Å². The van der Waals surface area contributed by atoms with Gasteiger partial charge in [0.1, 0.15) is 0 Å². The molecule has 0 bridgehead atoms. The molecular formula is C18H23N3O2S. The van der Waals surface area contributed by atoms with Gasteiger partial charge in [0, 0.05) is 31.3 Å². The third-order valence-electron chi connectivity index (χ3n) is 4.08. The van der Waals surface area contributed by atoms with Crippen molar-refractivity contribution >= 4 is 17.7 Å². The van der Waals surface area contributed by atoms with E-state index in [9.17, 15) is 9.59 Å². The number of thioether (sulfide) groups is 1. The maximum absolute atomic E-state index is 12.4. The van der Waals surface area contributed by atoms with Gasteiger partial charge < -0.3 is 9.88 Å². The second-order valence-electron chi connectivity index (χ2n) is 5.82. The Labute approximate surface area is 146 Å². The SMILES string of the molecule is CSc1nc(C)c(CCC(=O)N(C)Cc2ccccc2C)c(=O)[nH]1. The van der Waals surface area contributed by atoms with Crippen LogP contribution >= 0.6 is 11.8 Å². The van der Waals surface area contributed by atoms with Crippen LogP contribution in [0.1, 0.15) is 28.8 Å². The summed E-state index contributed by atoms with van der Waals surface area (Å²) in [5, 5.41) is 0.601. The summed E-state index contributed by atoms with van der Waals surface area (Å²) in [4.78, 5) is 33.2. The lowest BCUT2D eigenvalue weighted by atomic mass is 10.1. The highest BCUT2D eigenvalue weighted by atomic mass is 32.2. The molecule has 24 heavy (non-hydrogen) atoms. The summed E-state index contributed by atoms with van der Waals surface area (Å²) < 4.78 is 0. The number of rotatable bonds is 6. The number of hydrogen-bond acceptors (Lipinski definition) is 4. The zero-order valence-corrected chi connectivity index (χ0v) is 15.4. The van der Waals surface area contributed by atoms with Crippen LogP contribution in [0.4, 0.5) is 0 Å². The van der Waals surface area contributed by atoms with Crippen molar-refractivity contribution in [1.29, 1.82) is 0 Å². The highest BCUT2D eigenvalue weighted by molar-refractivity contribution is 7.98. The standard InChI is InChI=1S/C18H23N3O2S/c1-12-7-5-6-8-14(12)11-21(3)16(22)10-9-15-13(2)19-18(24-4)20-17(15)23/h5-8H,9-11H2,1-4H3,(H,19,20,23). The number of aromatic nitrogens is 2. The molecule has 0 saturated heterocycles. The minimum Gasteiger partial charge on any atom is -0.341 e. The van der Waals surface area contributed by atoms with Crippen molar-refractivity contribution in [3.05, 3.63) is 57.0 Å². The van der Waals surface area contributed by atoms with Crippen LogP contribution in [-0.2, 0) is 17.8 Å². The van der Waals surface area contributed by atoms with E-state index in [0.717, 1.165) is 5.56 Å². The summed E-state index contributed by atoms with van der Waals surface area (Å²) >= 11 is 1.40. The maximum atomic E-state index is 12.4. The van der Waals surface area contributed by atoms with E-state index in [-0.39, 0.29) is 11.5 Å². The molecule has 5 nitrogen and oxygen atoms in total. The zero-order chi connectivity index (χ0) is 17.7. The average Bonchev–Trinajstić information content (AvgIpc) is 2.55. The molecule has 0 unspecified atom stereocenters. The van der Waals surface area contributed by atoms with E-state index in [4.69, 9.17) is 0 Å². The molecule has 0 fully saturated rings. The van der Waals surface area contributed by atoms with Crippen LogP contribution in [0, 0.1) is 13.8 Å². The molecule has 128 valence electrons. The molecular weight excluding hydrogens is 322 g/mol. The van der Waals surface area contributed by atoms with E-state index in [1.807, 2.05) is 44.4 Å². The highest BCUT2D eigenvalue weighted by Crippen LogP contribution is 2.12. The number of benzene rings is 1. The minimum absolute atomic E-state index is 0.0194. The van der Waals surface area contributed by atoms with Crippen LogP contribution < -0.4 is 5.56 Å². The molecule has 0 radical (unpaired) electrons. The Hall–Kier alpha value is -2.08. The number of aryl methyl sites for hydroxylation is 2. The van der Waals surface area contributed by atoms with Crippen LogP contribution in [0.5, 0.6) is 0 Å². The van der Waals surface area contributed by atoms with Gasteiger partial charge in [0.15, 0.2) is 5.16 Å². The van der Waals surface area contributed by atoms with Crippen molar-refractivity contribution in [2.24, 2.45) is 0 Å². The van der Waals surface area contributed by atoms with E-state index in [2.05, 4.69) is 9.97 Å². The Balaban J connectivity index is 2.00. The first-order chi connectivity index (χ1) is 11.4. The zero-order valence-electron chi connectivity index (χ0n) is 14.5. The summed E-state index contributed by atoms with van der Waals surface area (Å²) in [6.07, 6.45) is 2.56. The Kier molecular flexibility index (Phi) is 6.20. The van der Waals surface area contributed by atoms with Crippen molar-refractivity contribution in [1.82, 2.24) is 14.9 Å². The average molecular weight is 345 g/mol. The van der Waals surface area contributed by atoms with Gasteiger partial charge in [-0.3, -0.25) is 9.59 Å². The smallest absolute Gasteiger partial charge is 0.254 e. The quantitative estimate of drug-likeness (QED) is 0.646. The molecule has 0 spiro atoms. The molecule has 2 aromatic rings. The number of nitrogens with zero attached hydrogens (tertiary/aromatic N) is 2. The van der Waals surface area contributed by atoms with Crippen molar-refractivity contribution in [3.63, 3.8) is 0 Å². The van der Waals surface area contributed by atoms with Gasteiger partial charge in [0.2, 0.25) is 5.91 Å². The largest absolute Gasteiger partial charge is 0.341 e. The van der Waals surface area contributed by atoms with Gasteiger partial charge in [-0.1, -0.05) is 36.0 Å². The van der Waals surface area contributed by atoms with Gasteiger partial charge >= 0.3 is 0 Å². The summed E-state index contributed by atoms with van der Waals surface area (Å²) in [6, 6.07) is 8.03. The molecule has 1 heterocycles. The fourth-order valence-electron chi connectivity index (χ4n) is 2.53. The maximum Gasteiger partial charge on any atom is 0.254 e. The van der Waals surface area contributed by atoms with Gasteiger partial charge in [-0.25, -0.2) is 4.98 Å². The van der Waals surface area contributed by atoms with E-state index >= 15 is 0 Å². The van der Waals surface area contributed by atoms with Crippen LogP contribution in [0.2, 0.25) is 0 Å². The normalized spacial score (nSPS) is 10.7. The molecule has 1 amide bonds. The summed E-state index contributed by atoms with van der Waals surface area (Å²) in [7, 11) is 1.79. The predicted molar refractivity (Wildman–Crippen MR) is 97.3 cm³/mol. The number of carbonyl (C=O) groups is 1. The first kappa shape index (κ1) is 18.3. The molecule has 0 aliphatic heterocycles. The van der Waals surface area contributed by atoms with Crippen molar-refractivity contribution in [3.8, 4) is 0 Å². The van der Waals surface area contributed by atoms with E-state index in [1.54, 1.807) is 11.9 Å². The third-order valence-corrected chi connectivity index (χ3v) is 4.66. The number of nitrogens with one attached hydrogen (secondary N) is 1. The Morgan fingerprint density at radius 1 is 1.29 bits per heavy atom. The second kappa shape index (κ2) is 8.15. The summed E-state index contributed by atoms with van der Waals surface area (Å²) in [5.41, 5.74) is 3.43. The minimum atomic E-state index is -0.152. The van der Waals surface area contributed by atoms with Gasteiger partial charge in [-0.2, -0.15) is 0 Å². The fourth-order valence-corrected chi connectivity index (χ4v) is 2.95. The Bertz CT molecular complexity index is 786. The summed E-state index contributed by atoms with van der Waals surface area (Å²) in [5.74, 6) is 0.0194. The Morgan fingerprint density at radius 3 is 2.62 bits per heavy atom. The molecule has 0 saturated carbocycles. The molecule has 1 N–H and O–H groups in total. The number of aromatic amines is 1. The first-order valence-electron chi connectivity index (χ1n) is 7.84. The molecule has 6 heteroatoms. The third kappa shape index (κ3) is 4.47. The van der Waals surface area contributed by atoms with Crippen molar-refractivity contribution < 1.29 is 4.79 Å². The highest BCUT2D eigenvalue weighted by Gasteiger charge is 2.14. The number of amides is 1. The van der Waals surface area contributed by atoms with E-state index in [0.29, 0.717) is 35.8 Å². The van der Waals surface area contributed by atoms with Crippen LogP contribution in [0.3, 0.4) is 0 Å².